The minimum absolute atomic E-state index is 0.103. The first-order valence-corrected chi connectivity index (χ1v) is 9.13. The number of aromatic hydroxyl groups is 1. The van der Waals surface area contributed by atoms with Gasteiger partial charge in [-0.1, -0.05) is 48.0 Å². The Kier molecular flexibility index (Phi) is 6.09. The van der Waals surface area contributed by atoms with E-state index in [2.05, 4.69) is 10.3 Å². The van der Waals surface area contributed by atoms with Gasteiger partial charge >= 0.3 is 0 Å². The lowest BCUT2D eigenvalue weighted by Gasteiger charge is -2.19. The van der Waals surface area contributed by atoms with Gasteiger partial charge in [-0.15, -0.1) is 0 Å². The second-order valence-electron chi connectivity index (χ2n) is 6.42. The fraction of sp³-hybridized carbons (Fsp3) is 0.182. The first-order chi connectivity index (χ1) is 13.0. The van der Waals surface area contributed by atoms with Gasteiger partial charge in [0.25, 0.3) is 0 Å². The normalized spacial score (nSPS) is 11.8. The van der Waals surface area contributed by atoms with Crippen LogP contribution < -0.4 is 5.32 Å². The van der Waals surface area contributed by atoms with E-state index in [1.807, 2.05) is 49.4 Å². The Balaban J connectivity index is 1.80. The summed E-state index contributed by atoms with van der Waals surface area (Å²) in [6, 6.07) is 18.2. The summed E-state index contributed by atoms with van der Waals surface area (Å²) in [4.78, 5) is 16.9. The number of phenols is 1. The molecule has 4 nitrogen and oxygen atoms in total. The average Bonchev–Trinajstić information content (AvgIpc) is 2.66. The Labute approximate surface area is 163 Å². The molecule has 2 N–H and O–H groups in total. The zero-order valence-electron chi connectivity index (χ0n) is 15.0. The molecule has 5 heteroatoms. The fourth-order valence-corrected chi connectivity index (χ4v) is 3.32. The SMILES string of the molecule is Cc1cccnc1CNC(=O)CC(c1cccc(O)c1)c1ccccc1Cl. The number of aryl methyl sites for hydroxylation is 1. The van der Waals surface area contributed by atoms with Crippen LogP contribution >= 0.6 is 11.6 Å². The van der Waals surface area contributed by atoms with Crippen LogP contribution in [0.4, 0.5) is 0 Å². The molecule has 0 aliphatic rings. The molecular formula is C22H21ClN2O2. The Hall–Kier alpha value is -2.85. The fourth-order valence-electron chi connectivity index (χ4n) is 3.05. The maximum Gasteiger partial charge on any atom is 0.221 e. The van der Waals surface area contributed by atoms with Gasteiger partial charge in [0, 0.05) is 23.6 Å². The van der Waals surface area contributed by atoms with Crippen molar-refractivity contribution in [3.63, 3.8) is 0 Å². The molecule has 3 aromatic rings. The van der Waals surface area contributed by atoms with E-state index >= 15 is 0 Å². The van der Waals surface area contributed by atoms with E-state index in [4.69, 9.17) is 11.6 Å². The summed E-state index contributed by atoms with van der Waals surface area (Å²) in [7, 11) is 0. The van der Waals surface area contributed by atoms with E-state index in [9.17, 15) is 9.90 Å². The van der Waals surface area contributed by atoms with Crippen LogP contribution in [0.5, 0.6) is 5.75 Å². The molecule has 0 saturated carbocycles. The number of halogens is 1. The number of pyridine rings is 1. The maximum atomic E-state index is 12.6. The number of rotatable bonds is 6. The van der Waals surface area contributed by atoms with E-state index in [0.717, 1.165) is 22.4 Å². The molecule has 1 amide bonds. The van der Waals surface area contributed by atoms with E-state index in [0.29, 0.717) is 11.6 Å². The molecule has 0 bridgehead atoms. The van der Waals surface area contributed by atoms with Crippen molar-refractivity contribution in [2.45, 2.75) is 25.8 Å². The molecule has 0 aliphatic heterocycles. The molecule has 27 heavy (non-hydrogen) atoms. The largest absolute Gasteiger partial charge is 0.508 e. The van der Waals surface area contributed by atoms with Crippen LogP contribution in [-0.4, -0.2) is 16.0 Å². The lowest BCUT2D eigenvalue weighted by atomic mass is 9.88. The van der Waals surface area contributed by atoms with Crippen molar-refractivity contribution in [2.24, 2.45) is 0 Å². The summed E-state index contributed by atoms with van der Waals surface area (Å²) in [5.41, 5.74) is 3.58. The molecule has 2 aromatic carbocycles. The predicted molar refractivity (Wildman–Crippen MR) is 107 cm³/mol. The molecule has 1 unspecified atom stereocenters. The summed E-state index contributed by atoms with van der Waals surface area (Å²) < 4.78 is 0. The molecule has 3 rings (SSSR count). The molecular weight excluding hydrogens is 360 g/mol. The van der Waals surface area contributed by atoms with Crippen molar-refractivity contribution < 1.29 is 9.90 Å². The molecule has 0 saturated heterocycles. The van der Waals surface area contributed by atoms with E-state index in [1.165, 1.54) is 0 Å². The van der Waals surface area contributed by atoms with E-state index < -0.39 is 0 Å². The number of carbonyl (C=O) groups is 1. The number of carbonyl (C=O) groups excluding carboxylic acids is 1. The first-order valence-electron chi connectivity index (χ1n) is 8.75. The van der Waals surface area contributed by atoms with Crippen molar-refractivity contribution in [1.82, 2.24) is 10.3 Å². The van der Waals surface area contributed by atoms with Crippen molar-refractivity contribution in [1.29, 1.82) is 0 Å². The summed E-state index contributed by atoms with van der Waals surface area (Å²) in [6.45, 7) is 2.34. The number of hydrogen-bond acceptors (Lipinski definition) is 3. The molecule has 0 radical (unpaired) electrons. The van der Waals surface area contributed by atoms with Gasteiger partial charge in [-0.05, 0) is 47.9 Å². The Morgan fingerprint density at radius 2 is 1.96 bits per heavy atom. The molecule has 1 heterocycles. The Morgan fingerprint density at radius 1 is 1.15 bits per heavy atom. The van der Waals surface area contributed by atoms with Crippen LogP contribution in [0.25, 0.3) is 0 Å². The van der Waals surface area contributed by atoms with Crippen LogP contribution in [0.15, 0.2) is 66.9 Å². The highest BCUT2D eigenvalue weighted by Gasteiger charge is 2.21. The van der Waals surface area contributed by atoms with Crippen LogP contribution in [0.1, 0.15) is 34.7 Å². The number of aromatic nitrogens is 1. The topological polar surface area (TPSA) is 62.2 Å². The highest BCUT2D eigenvalue weighted by atomic mass is 35.5. The zero-order chi connectivity index (χ0) is 19.2. The minimum Gasteiger partial charge on any atom is -0.508 e. The van der Waals surface area contributed by atoms with Crippen molar-refractivity contribution in [3.8, 4) is 5.75 Å². The van der Waals surface area contributed by atoms with Gasteiger partial charge in [0.1, 0.15) is 5.75 Å². The van der Waals surface area contributed by atoms with Gasteiger partial charge in [0.15, 0.2) is 0 Å². The van der Waals surface area contributed by atoms with Crippen LogP contribution in [-0.2, 0) is 11.3 Å². The lowest BCUT2D eigenvalue weighted by molar-refractivity contribution is -0.121. The van der Waals surface area contributed by atoms with Gasteiger partial charge in [-0.2, -0.15) is 0 Å². The third-order valence-corrected chi connectivity index (χ3v) is 4.86. The average molecular weight is 381 g/mol. The van der Waals surface area contributed by atoms with Crippen molar-refractivity contribution in [3.05, 3.63) is 94.3 Å². The van der Waals surface area contributed by atoms with Gasteiger partial charge in [0.05, 0.1) is 12.2 Å². The standard InChI is InChI=1S/C22H21ClN2O2/c1-15-6-5-11-24-21(15)14-25-22(27)13-19(16-7-4-8-17(26)12-16)18-9-2-3-10-20(18)23/h2-12,19,26H,13-14H2,1H3,(H,25,27). The van der Waals surface area contributed by atoms with Gasteiger partial charge in [-0.25, -0.2) is 0 Å². The summed E-state index contributed by atoms with van der Waals surface area (Å²) in [6.07, 6.45) is 1.94. The lowest BCUT2D eigenvalue weighted by Crippen LogP contribution is -2.25. The minimum atomic E-state index is -0.254. The molecule has 0 spiro atoms. The maximum absolute atomic E-state index is 12.6. The highest BCUT2D eigenvalue weighted by molar-refractivity contribution is 6.31. The molecule has 0 aliphatic carbocycles. The molecule has 1 atom stereocenters. The quantitative estimate of drug-likeness (QED) is 0.657. The number of nitrogens with one attached hydrogen (secondary N) is 1. The van der Waals surface area contributed by atoms with Crippen molar-refractivity contribution in [2.75, 3.05) is 0 Å². The third-order valence-electron chi connectivity index (χ3n) is 4.51. The number of hydrogen-bond donors (Lipinski definition) is 2. The van der Waals surface area contributed by atoms with E-state index in [-0.39, 0.29) is 24.0 Å². The second kappa shape index (κ2) is 8.69. The number of amides is 1. The summed E-state index contributed by atoms with van der Waals surface area (Å²) >= 11 is 6.38. The molecule has 1 aromatic heterocycles. The summed E-state index contributed by atoms with van der Waals surface area (Å²) in [5.74, 6) is -0.196. The third kappa shape index (κ3) is 4.86. The van der Waals surface area contributed by atoms with Gasteiger partial charge in [-0.3, -0.25) is 9.78 Å². The van der Waals surface area contributed by atoms with E-state index in [1.54, 1.807) is 24.4 Å². The molecule has 138 valence electrons. The highest BCUT2D eigenvalue weighted by Crippen LogP contribution is 2.34. The smallest absolute Gasteiger partial charge is 0.221 e. The number of phenolic OH excluding ortho intramolecular Hbond substituents is 1. The van der Waals surface area contributed by atoms with Crippen LogP contribution in [0.2, 0.25) is 5.02 Å². The van der Waals surface area contributed by atoms with Crippen LogP contribution in [0.3, 0.4) is 0 Å². The second-order valence-corrected chi connectivity index (χ2v) is 6.82. The Bertz CT molecular complexity index is 943. The Morgan fingerprint density at radius 3 is 2.70 bits per heavy atom. The summed E-state index contributed by atoms with van der Waals surface area (Å²) in [5, 5.41) is 13.4. The zero-order valence-corrected chi connectivity index (χ0v) is 15.8. The number of benzene rings is 2. The first kappa shape index (κ1) is 18.9. The monoisotopic (exact) mass is 380 g/mol. The predicted octanol–water partition coefficient (Wildman–Crippen LogP) is 4.59. The van der Waals surface area contributed by atoms with Gasteiger partial charge in [0.2, 0.25) is 5.91 Å². The molecule has 0 fully saturated rings. The van der Waals surface area contributed by atoms with Crippen molar-refractivity contribution >= 4 is 17.5 Å². The van der Waals surface area contributed by atoms with Crippen LogP contribution in [0, 0.1) is 6.92 Å². The van der Waals surface area contributed by atoms with Gasteiger partial charge < -0.3 is 10.4 Å². The number of nitrogens with zero attached hydrogens (tertiary/aromatic N) is 1.